The van der Waals surface area contributed by atoms with E-state index in [0.717, 1.165) is 17.5 Å². The first kappa shape index (κ1) is 15.6. The summed E-state index contributed by atoms with van der Waals surface area (Å²) < 4.78 is 0. The Morgan fingerprint density at radius 2 is 1.77 bits per heavy atom. The van der Waals surface area contributed by atoms with Gasteiger partial charge in [-0.1, -0.05) is 19.1 Å². The summed E-state index contributed by atoms with van der Waals surface area (Å²) in [6.07, 6.45) is 1.00. The zero-order valence-electron chi connectivity index (χ0n) is 8.67. The van der Waals surface area contributed by atoms with E-state index in [-0.39, 0.29) is 32.7 Å². The summed E-state index contributed by atoms with van der Waals surface area (Å²) in [5, 5.41) is 9.10. The molecule has 0 aliphatic heterocycles. The van der Waals surface area contributed by atoms with Gasteiger partial charge in [0.2, 0.25) is 0 Å². The van der Waals surface area contributed by atoms with E-state index in [1.54, 1.807) is 6.07 Å². The molecule has 0 amide bonds. The number of hydrogen-bond donors (Lipinski definition) is 1. The SMILES string of the molecule is Cc1ccc(C)c(O)c1.[CH2-]CC.[Y]. The van der Waals surface area contributed by atoms with Gasteiger partial charge in [0.1, 0.15) is 5.75 Å². The van der Waals surface area contributed by atoms with Gasteiger partial charge in [-0.15, -0.1) is 0 Å². The molecule has 1 rings (SSSR count). The molecule has 1 aromatic carbocycles. The quantitative estimate of drug-likeness (QED) is 0.705. The first-order chi connectivity index (χ1) is 5.61. The Bertz CT molecular complexity index is 234. The molecule has 0 unspecified atom stereocenters. The zero-order chi connectivity index (χ0) is 9.56. The third-order valence-corrected chi connectivity index (χ3v) is 1.36. The van der Waals surface area contributed by atoms with Crippen molar-refractivity contribution in [2.45, 2.75) is 27.2 Å². The van der Waals surface area contributed by atoms with Crippen LogP contribution in [0.4, 0.5) is 0 Å². The molecule has 0 heterocycles. The fourth-order valence-corrected chi connectivity index (χ4v) is 0.719. The maximum absolute atomic E-state index is 9.10. The Labute approximate surface area is 106 Å². The normalized spacial score (nSPS) is 8.00. The van der Waals surface area contributed by atoms with Gasteiger partial charge in [-0.2, -0.15) is 6.42 Å². The van der Waals surface area contributed by atoms with Crippen molar-refractivity contribution in [1.82, 2.24) is 0 Å². The van der Waals surface area contributed by atoms with Crippen molar-refractivity contribution in [1.29, 1.82) is 0 Å². The number of rotatable bonds is 0. The molecule has 1 aromatic rings. The van der Waals surface area contributed by atoms with Crippen molar-refractivity contribution in [3.05, 3.63) is 36.2 Å². The van der Waals surface area contributed by atoms with Crippen molar-refractivity contribution in [3.63, 3.8) is 0 Å². The number of phenolic OH excluding ortho intramolecular Hbond substituents is 1. The fraction of sp³-hybridized carbons (Fsp3) is 0.364. The van der Waals surface area contributed by atoms with E-state index in [9.17, 15) is 0 Å². The van der Waals surface area contributed by atoms with Gasteiger partial charge in [-0.25, -0.2) is 0 Å². The van der Waals surface area contributed by atoms with Gasteiger partial charge in [0.25, 0.3) is 0 Å². The first-order valence-electron chi connectivity index (χ1n) is 4.17. The largest absolute Gasteiger partial charge is 0.508 e. The average molecular weight is 254 g/mol. The number of hydrogen-bond acceptors (Lipinski definition) is 1. The summed E-state index contributed by atoms with van der Waals surface area (Å²) >= 11 is 0. The molecular weight excluding hydrogens is 237 g/mol. The van der Waals surface area contributed by atoms with Crippen molar-refractivity contribution in [2.75, 3.05) is 0 Å². The van der Waals surface area contributed by atoms with E-state index in [0.29, 0.717) is 5.75 Å². The molecule has 0 aromatic heterocycles. The Hall–Kier alpha value is 0.124. The van der Waals surface area contributed by atoms with Crippen LogP contribution in [0.15, 0.2) is 18.2 Å². The molecule has 0 saturated carbocycles. The van der Waals surface area contributed by atoms with Crippen molar-refractivity contribution < 1.29 is 37.8 Å². The molecule has 71 valence electrons. The van der Waals surface area contributed by atoms with E-state index in [2.05, 4.69) is 6.92 Å². The minimum absolute atomic E-state index is 0. The maximum atomic E-state index is 9.10. The first-order valence-corrected chi connectivity index (χ1v) is 4.17. The molecule has 2 heteroatoms. The van der Waals surface area contributed by atoms with Gasteiger partial charge in [0.05, 0.1) is 0 Å². The van der Waals surface area contributed by atoms with Gasteiger partial charge in [0, 0.05) is 32.7 Å². The number of benzene rings is 1. The molecular formula is C11H17OY-. The Kier molecular flexibility index (Phi) is 10.4. The molecule has 0 fully saturated rings. The predicted octanol–water partition coefficient (Wildman–Crippen LogP) is 3.24. The van der Waals surface area contributed by atoms with Crippen LogP contribution in [-0.2, 0) is 32.7 Å². The second-order valence-corrected chi connectivity index (χ2v) is 2.79. The van der Waals surface area contributed by atoms with Crippen LogP contribution in [0.25, 0.3) is 0 Å². The number of phenols is 1. The minimum atomic E-state index is 0. The van der Waals surface area contributed by atoms with Gasteiger partial charge < -0.3 is 12.0 Å². The van der Waals surface area contributed by atoms with Crippen LogP contribution in [0.5, 0.6) is 5.75 Å². The monoisotopic (exact) mass is 254 g/mol. The Balaban J connectivity index is 0. The van der Waals surface area contributed by atoms with Crippen LogP contribution < -0.4 is 0 Å². The van der Waals surface area contributed by atoms with Crippen molar-refractivity contribution >= 4 is 0 Å². The summed E-state index contributed by atoms with van der Waals surface area (Å²) in [4.78, 5) is 0. The second kappa shape index (κ2) is 8.71. The summed E-state index contributed by atoms with van der Waals surface area (Å²) in [6, 6.07) is 5.65. The molecule has 0 aliphatic carbocycles. The predicted molar refractivity (Wildman–Crippen MR) is 53.2 cm³/mol. The van der Waals surface area contributed by atoms with E-state index in [1.165, 1.54) is 0 Å². The topological polar surface area (TPSA) is 20.2 Å². The Morgan fingerprint density at radius 1 is 1.31 bits per heavy atom. The smallest absolute Gasteiger partial charge is 0.118 e. The van der Waals surface area contributed by atoms with Crippen LogP contribution in [0.3, 0.4) is 0 Å². The molecule has 0 spiro atoms. The Morgan fingerprint density at radius 3 is 2.08 bits per heavy atom. The van der Waals surface area contributed by atoms with E-state index >= 15 is 0 Å². The molecule has 1 radical (unpaired) electrons. The van der Waals surface area contributed by atoms with Crippen LogP contribution in [0, 0.1) is 20.8 Å². The van der Waals surface area contributed by atoms with E-state index in [4.69, 9.17) is 5.11 Å². The van der Waals surface area contributed by atoms with Gasteiger partial charge in [-0.05, 0) is 31.0 Å². The summed E-state index contributed by atoms with van der Waals surface area (Å²) in [5.74, 6) is 0.384. The third kappa shape index (κ3) is 7.21. The minimum Gasteiger partial charge on any atom is -0.508 e. The summed E-state index contributed by atoms with van der Waals surface area (Å²) in [6.45, 7) is 9.34. The third-order valence-electron chi connectivity index (χ3n) is 1.36. The maximum Gasteiger partial charge on any atom is 0.118 e. The van der Waals surface area contributed by atoms with Gasteiger partial charge >= 0.3 is 0 Å². The van der Waals surface area contributed by atoms with E-state index < -0.39 is 0 Å². The number of aryl methyl sites for hydroxylation is 2. The molecule has 0 atom stereocenters. The number of aromatic hydroxyl groups is 1. The molecule has 0 saturated heterocycles. The van der Waals surface area contributed by atoms with Gasteiger partial charge in [-0.3, -0.25) is 0 Å². The van der Waals surface area contributed by atoms with Crippen LogP contribution in [0.1, 0.15) is 24.5 Å². The van der Waals surface area contributed by atoms with Crippen molar-refractivity contribution in [2.24, 2.45) is 0 Å². The standard InChI is InChI=1S/C8H10O.C3H7.Y/c1-6-3-4-7(2)8(9)5-6;1-3-2;/h3-5,9H,1-2H3;1,3H2,2H3;/q;-1;. The molecule has 13 heavy (non-hydrogen) atoms. The van der Waals surface area contributed by atoms with Gasteiger partial charge in [0.15, 0.2) is 0 Å². The van der Waals surface area contributed by atoms with Crippen molar-refractivity contribution in [3.8, 4) is 5.75 Å². The molecule has 0 aliphatic rings. The van der Waals surface area contributed by atoms with Crippen LogP contribution >= 0.6 is 0 Å². The van der Waals surface area contributed by atoms with Crippen LogP contribution in [0.2, 0.25) is 0 Å². The fourth-order valence-electron chi connectivity index (χ4n) is 0.719. The molecule has 0 bridgehead atoms. The second-order valence-electron chi connectivity index (χ2n) is 2.79. The summed E-state index contributed by atoms with van der Waals surface area (Å²) in [7, 11) is 0. The summed E-state index contributed by atoms with van der Waals surface area (Å²) in [5.41, 5.74) is 2.03. The van der Waals surface area contributed by atoms with Crippen LogP contribution in [-0.4, -0.2) is 5.11 Å². The average Bonchev–Trinajstić information content (AvgIpc) is 1.99. The van der Waals surface area contributed by atoms with E-state index in [1.807, 2.05) is 32.9 Å². The zero-order valence-corrected chi connectivity index (χ0v) is 11.5. The molecule has 1 nitrogen and oxygen atoms in total. The molecule has 1 N–H and O–H groups in total.